The molecule has 456 valence electrons. The summed E-state index contributed by atoms with van der Waals surface area (Å²) in [6.07, 6.45) is -42.9. The topological polar surface area (TPSA) is 73.8 Å². The van der Waals surface area contributed by atoms with Gasteiger partial charge in [0, 0.05) is 47.3 Å². The highest BCUT2D eigenvalue weighted by molar-refractivity contribution is 5.25. The summed E-state index contributed by atoms with van der Waals surface area (Å²) in [6.45, 7) is 13.3. The Morgan fingerprint density at radius 3 is 0.700 bits per heavy atom. The molecule has 4 aliphatic heterocycles. The average molecular weight is 1210 g/mol. The molecule has 80 heavy (non-hydrogen) atoms. The molecule has 4 saturated heterocycles. The summed E-state index contributed by atoms with van der Waals surface area (Å²) in [5.74, 6) is -10.7. The van der Waals surface area contributed by atoms with E-state index in [9.17, 15) is 105 Å². The lowest BCUT2D eigenvalue weighted by Gasteiger charge is -2.57. The van der Waals surface area contributed by atoms with Crippen molar-refractivity contribution in [2.24, 2.45) is 71.0 Å². The van der Waals surface area contributed by atoms with Crippen molar-refractivity contribution in [3.8, 4) is 0 Å². The number of alkyl halides is 24. The molecule has 0 amide bonds. The van der Waals surface area contributed by atoms with Crippen molar-refractivity contribution in [3.05, 3.63) is 51.4 Å². The van der Waals surface area contributed by atoms with Crippen molar-refractivity contribution >= 4 is 0 Å². The molecule has 12 unspecified atom stereocenters. The molecule has 4 heterocycles. The number of halogens is 24. The lowest BCUT2D eigenvalue weighted by Crippen LogP contribution is -2.76. The minimum absolute atomic E-state index is 0.190. The van der Waals surface area contributed by atoms with Crippen LogP contribution < -0.4 is 0 Å². The summed E-state index contributed by atoms with van der Waals surface area (Å²) in [4.78, 5) is 0. The first-order chi connectivity index (χ1) is 36.5. The Hall–Kier alpha value is -3.68. The number of ether oxygens (including phenoxy) is 8. The first-order valence-electron chi connectivity index (χ1n) is 24.8. The second-order valence-corrected chi connectivity index (χ2v) is 22.3. The van der Waals surface area contributed by atoms with Crippen molar-refractivity contribution < 1.29 is 143 Å². The normalized spacial score (nSPS) is 42.0. The number of rotatable bonds is 8. The highest BCUT2D eigenvalue weighted by Gasteiger charge is 2.91. The van der Waals surface area contributed by atoms with Gasteiger partial charge in [0.25, 0.3) is 22.4 Å². The maximum atomic E-state index is 13.0. The molecule has 0 aromatic carbocycles. The molecule has 32 heteroatoms. The van der Waals surface area contributed by atoms with Gasteiger partial charge < -0.3 is 37.9 Å². The van der Waals surface area contributed by atoms with Gasteiger partial charge in [-0.25, -0.2) is 0 Å². The average Bonchev–Trinajstić information content (AvgIpc) is 4.10. The third-order valence-electron chi connectivity index (χ3n) is 19.1. The van der Waals surface area contributed by atoms with Crippen LogP contribution in [0, 0.1) is 71.0 Å². The predicted molar refractivity (Wildman–Crippen MR) is 218 cm³/mol. The molecule has 12 aliphatic rings. The predicted octanol–water partition coefficient (Wildman–Crippen LogP) is 13.7. The fraction of sp³-hybridized carbons (Fsp3) is 0.833. The van der Waals surface area contributed by atoms with Crippen molar-refractivity contribution in [2.75, 3.05) is 0 Å². The van der Waals surface area contributed by atoms with E-state index in [1.807, 2.05) is 0 Å². The van der Waals surface area contributed by atoms with E-state index in [0.29, 0.717) is 12.8 Å². The van der Waals surface area contributed by atoms with Crippen molar-refractivity contribution in [1.29, 1.82) is 0 Å². The minimum Gasteiger partial charge on any atom is -0.498 e. The Labute approximate surface area is 437 Å². The second kappa shape index (κ2) is 18.9. The first-order valence-corrected chi connectivity index (χ1v) is 24.8. The van der Waals surface area contributed by atoms with Crippen molar-refractivity contribution in [1.82, 2.24) is 0 Å². The van der Waals surface area contributed by atoms with Gasteiger partial charge in [-0.1, -0.05) is 26.3 Å². The van der Waals surface area contributed by atoms with E-state index in [4.69, 9.17) is 18.9 Å². The van der Waals surface area contributed by atoms with E-state index in [1.165, 1.54) is 12.5 Å². The summed E-state index contributed by atoms with van der Waals surface area (Å²) in [7, 11) is 0. The highest BCUT2D eigenvalue weighted by atomic mass is 19.4. The quantitative estimate of drug-likeness (QED) is 0.176. The van der Waals surface area contributed by atoms with Crippen LogP contribution >= 0.6 is 0 Å². The van der Waals surface area contributed by atoms with Crippen LogP contribution in [0.5, 0.6) is 0 Å². The van der Waals surface area contributed by atoms with Gasteiger partial charge >= 0.3 is 49.4 Å². The zero-order chi connectivity index (χ0) is 59.7. The summed E-state index contributed by atoms with van der Waals surface area (Å²) in [5, 5.41) is 0. The standard InChI is InChI=1S/4C12H12F6O2/c2*1-2-19-7-4-5-3-6(7)8-9(5)20-10(8,11(13,14)15)12(16,17)18;2*1-2-19-7-4-5-3-6(7)9-8(5)10(20-9,11(13,14)15)12(16,17)18/h4*2,5-9H,1,3-4H2/t4*5-,6+,7?,8?,9?/m1010/s1. The molecule has 8 saturated carbocycles. The lowest BCUT2D eigenvalue weighted by atomic mass is 9.67. The van der Waals surface area contributed by atoms with Gasteiger partial charge in [-0.15, -0.1) is 0 Å². The number of hydrogen-bond acceptors (Lipinski definition) is 8. The maximum absolute atomic E-state index is 13.0. The van der Waals surface area contributed by atoms with Crippen LogP contribution in [0.15, 0.2) is 51.4 Å². The van der Waals surface area contributed by atoms with Gasteiger partial charge in [-0.2, -0.15) is 105 Å². The van der Waals surface area contributed by atoms with E-state index in [-0.39, 0.29) is 50.4 Å². The van der Waals surface area contributed by atoms with E-state index >= 15 is 0 Å². The Morgan fingerprint density at radius 1 is 0.275 bits per heavy atom. The molecule has 8 bridgehead atoms. The van der Waals surface area contributed by atoms with Gasteiger partial charge in [0.2, 0.25) is 0 Å². The van der Waals surface area contributed by atoms with Gasteiger partial charge in [0.1, 0.15) is 24.4 Å². The minimum atomic E-state index is -5.48. The fourth-order valence-electron chi connectivity index (χ4n) is 16.5. The maximum Gasteiger partial charge on any atom is 0.426 e. The second-order valence-electron chi connectivity index (χ2n) is 22.3. The summed E-state index contributed by atoms with van der Waals surface area (Å²) in [5.41, 5.74) is -16.1. The van der Waals surface area contributed by atoms with Gasteiger partial charge in [-0.3, -0.25) is 0 Å². The molecule has 0 N–H and O–H groups in total. The molecule has 0 spiro atoms. The van der Waals surface area contributed by atoms with Gasteiger partial charge in [-0.05, 0) is 75.0 Å². The Bertz CT molecular complexity index is 2130. The van der Waals surface area contributed by atoms with Crippen LogP contribution in [-0.4, -0.2) is 121 Å². The van der Waals surface area contributed by atoms with Crippen LogP contribution in [-0.2, 0) is 37.9 Å². The Morgan fingerprint density at radius 2 is 0.475 bits per heavy atom. The smallest absolute Gasteiger partial charge is 0.426 e. The van der Waals surface area contributed by atoms with Crippen LogP contribution in [0.25, 0.3) is 0 Å². The summed E-state index contributed by atoms with van der Waals surface area (Å²) in [6, 6.07) is 0. The molecule has 20 atom stereocenters. The molecular weight excluding hydrogens is 1160 g/mol. The lowest BCUT2D eigenvalue weighted by molar-refractivity contribution is -0.473. The SMILES string of the molecule is C=COC1C[C@@H]2C[C@H]1C1C2OC1(C(F)(F)F)C(F)(F)F.C=COC1C[C@@H]2C[C@H]1C1OC(C(F)(F)F)(C(F)(F)F)C12.C=COC1C[C@H]2C[C@@H]1C1C2OC1(C(F)(F)F)C(F)(F)F.C=COC1C[C@H]2C[C@@H]1C1OC(C(F)(F)F)(C(F)(F)F)C12. The van der Waals surface area contributed by atoms with Crippen LogP contribution in [0.4, 0.5) is 105 Å². The first kappa shape index (κ1) is 60.9. The van der Waals surface area contributed by atoms with Crippen LogP contribution in [0.2, 0.25) is 0 Å². The number of hydrogen-bond donors (Lipinski definition) is 0. The molecule has 12 fully saturated rings. The third kappa shape index (κ3) is 8.23. The van der Waals surface area contributed by atoms with Gasteiger partial charge in [0.05, 0.1) is 49.5 Å². The van der Waals surface area contributed by atoms with Crippen molar-refractivity contribution in [2.45, 2.75) is 172 Å². The Kier molecular flexibility index (Phi) is 14.4. The fourth-order valence-corrected chi connectivity index (χ4v) is 16.5. The molecule has 0 aromatic rings. The van der Waals surface area contributed by atoms with Crippen LogP contribution in [0.1, 0.15) is 51.4 Å². The molecule has 8 aliphatic carbocycles. The van der Waals surface area contributed by atoms with E-state index in [1.54, 1.807) is 0 Å². The highest BCUT2D eigenvalue weighted by Crippen LogP contribution is 2.74. The third-order valence-corrected chi connectivity index (χ3v) is 19.1. The monoisotopic (exact) mass is 1210 g/mol. The van der Waals surface area contributed by atoms with E-state index in [2.05, 4.69) is 45.3 Å². The summed E-state index contributed by atoms with van der Waals surface area (Å²) >= 11 is 0. The molecule has 12 rings (SSSR count). The Balaban J connectivity index is 0.000000129. The zero-order valence-electron chi connectivity index (χ0n) is 40.7. The summed E-state index contributed by atoms with van der Waals surface area (Å²) < 4.78 is 350. The molecule has 0 radical (unpaired) electrons. The molecule has 8 nitrogen and oxygen atoms in total. The van der Waals surface area contributed by atoms with E-state index < -0.39 is 180 Å². The van der Waals surface area contributed by atoms with Crippen molar-refractivity contribution in [3.63, 3.8) is 0 Å². The van der Waals surface area contributed by atoms with Gasteiger partial charge in [0.15, 0.2) is 0 Å². The number of fused-ring (bicyclic) bond motifs is 20. The molecule has 0 aromatic heterocycles. The largest absolute Gasteiger partial charge is 0.498 e. The van der Waals surface area contributed by atoms with E-state index in [0.717, 1.165) is 12.5 Å². The zero-order valence-corrected chi connectivity index (χ0v) is 40.7. The molecular formula is C48H48F24O8. The van der Waals surface area contributed by atoms with Crippen LogP contribution in [0.3, 0.4) is 0 Å².